The number of ether oxygens (including phenoxy) is 2. The van der Waals surface area contributed by atoms with Crippen LogP contribution in [0.5, 0.6) is 11.5 Å². The quantitative estimate of drug-likeness (QED) is 0.648. The lowest BCUT2D eigenvalue weighted by molar-refractivity contribution is 0.0876. The van der Waals surface area contributed by atoms with Crippen molar-refractivity contribution in [3.8, 4) is 11.5 Å². The fourth-order valence-electron chi connectivity index (χ4n) is 1.72. The third-order valence-corrected chi connectivity index (χ3v) is 2.74. The Morgan fingerprint density at radius 1 is 1.40 bits per heavy atom. The first kappa shape index (κ1) is 8.59. The van der Waals surface area contributed by atoms with Crippen LogP contribution in [-0.4, -0.2) is 30.2 Å². The summed E-state index contributed by atoms with van der Waals surface area (Å²) in [4.78, 5) is 13.7. The van der Waals surface area contributed by atoms with Crippen LogP contribution in [0.4, 0.5) is 0 Å². The fraction of sp³-hybridized carbons (Fsp3) is 0.364. The second-order valence-corrected chi connectivity index (χ2v) is 3.87. The van der Waals surface area contributed by atoms with Crippen molar-refractivity contribution in [2.45, 2.75) is 13.0 Å². The van der Waals surface area contributed by atoms with Gasteiger partial charge in [-0.05, 0) is 25.1 Å². The molecule has 78 valence electrons. The van der Waals surface area contributed by atoms with Gasteiger partial charge in [0.1, 0.15) is 0 Å². The van der Waals surface area contributed by atoms with Crippen LogP contribution in [0.2, 0.25) is 0 Å². The van der Waals surface area contributed by atoms with Gasteiger partial charge in [0.05, 0.1) is 0 Å². The van der Waals surface area contributed by atoms with Gasteiger partial charge in [-0.2, -0.15) is 0 Å². The number of carbonyl (C=O) groups is 1. The van der Waals surface area contributed by atoms with Crippen molar-refractivity contribution >= 4 is 5.91 Å². The molecular formula is C11H11NO3. The Kier molecular flexibility index (Phi) is 1.65. The number of carbonyl (C=O) groups excluding carboxylic acids is 1. The number of hydrogen-bond acceptors (Lipinski definition) is 3. The summed E-state index contributed by atoms with van der Waals surface area (Å²) in [5.41, 5.74) is 0.670. The van der Waals surface area contributed by atoms with E-state index in [-0.39, 0.29) is 12.7 Å². The summed E-state index contributed by atoms with van der Waals surface area (Å²) in [5.74, 6) is 1.45. The van der Waals surface area contributed by atoms with Crippen molar-refractivity contribution in [2.75, 3.05) is 13.3 Å². The lowest BCUT2D eigenvalue weighted by Gasteiger charge is -2.03. The van der Waals surface area contributed by atoms with Gasteiger partial charge in [0, 0.05) is 18.2 Å². The van der Waals surface area contributed by atoms with Gasteiger partial charge in [-0.1, -0.05) is 0 Å². The molecular weight excluding hydrogens is 194 g/mol. The lowest BCUT2D eigenvalue weighted by atomic mass is 10.2. The second-order valence-electron chi connectivity index (χ2n) is 3.87. The molecule has 1 amide bonds. The van der Waals surface area contributed by atoms with Crippen molar-refractivity contribution in [1.29, 1.82) is 0 Å². The zero-order valence-electron chi connectivity index (χ0n) is 8.40. The van der Waals surface area contributed by atoms with Crippen LogP contribution >= 0.6 is 0 Å². The molecule has 0 aliphatic carbocycles. The highest BCUT2D eigenvalue weighted by Gasteiger charge is 2.35. The average molecular weight is 205 g/mol. The Bertz CT molecular complexity index is 430. The van der Waals surface area contributed by atoms with Gasteiger partial charge in [0.15, 0.2) is 11.5 Å². The monoisotopic (exact) mass is 205 g/mol. The topological polar surface area (TPSA) is 38.5 Å². The van der Waals surface area contributed by atoms with E-state index >= 15 is 0 Å². The summed E-state index contributed by atoms with van der Waals surface area (Å²) in [5, 5.41) is 0. The number of hydrogen-bond donors (Lipinski definition) is 0. The van der Waals surface area contributed by atoms with E-state index in [0.717, 1.165) is 6.54 Å². The molecule has 2 heterocycles. The maximum Gasteiger partial charge on any atom is 0.254 e. The third kappa shape index (κ3) is 1.33. The third-order valence-electron chi connectivity index (χ3n) is 2.74. The number of rotatable bonds is 1. The predicted octanol–water partition coefficient (Wildman–Crippen LogP) is 1.26. The zero-order chi connectivity index (χ0) is 10.4. The molecule has 1 atom stereocenters. The Hall–Kier alpha value is -1.71. The van der Waals surface area contributed by atoms with Gasteiger partial charge in [-0.25, -0.2) is 0 Å². The molecule has 3 rings (SSSR count). The highest BCUT2D eigenvalue weighted by Crippen LogP contribution is 2.33. The minimum absolute atomic E-state index is 0.0702. The van der Waals surface area contributed by atoms with E-state index in [1.54, 1.807) is 18.2 Å². The molecule has 0 N–H and O–H groups in total. The smallest absolute Gasteiger partial charge is 0.254 e. The minimum Gasteiger partial charge on any atom is -0.454 e. The molecule has 2 aliphatic rings. The van der Waals surface area contributed by atoms with Crippen LogP contribution in [-0.2, 0) is 0 Å². The number of fused-ring (bicyclic) bond motifs is 1. The summed E-state index contributed by atoms with van der Waals surface area (Å²) in [6.07, 6.45) is 0. The molecule has 1 saturated heterocycles. The van der Waals surface area contributed by atoms with Gasteiger partial charge in [-0.3, -0.25) is 4.79 Å². The summed E-state index contributed by atoms with van der Waals surface area (Å²) in [6, 6.07) is 5.68. The van der Waals surface area contributed by atoms with Crippen molar-refractivity contribution in [3.63, 3.8) is 0 Å². The van der Waals surface area contributed by atoms with Crippen LogP contribution in [0.15, 0.2) is 18.2 Å². The summed E-state index contributed by atoms with van der Waals surface area (Å²) < 4.78 is 10.4. The maximum absolute atomic E-state index is 11.8. The fourth-order valence-corrected chi connectivity index (χ4v) is 1.72. The highest BCUT2D eigenvalue weighted by atomic mass is 16.7. The van der Waals surface area contributed by atoms with Crippen molar-refractivity contribution < 1.29 is 14.3 Å². The van der Waals surface area contributed by atoms with Crippen molar-refractivity contribution in [3.05, 3.63) is 23.8 Å². The van der Waals surface area contributed by atoms with E-state index in [0.29, 0.717) is 23.1 Å². The largest absolute Gasteiger partial charge is 0.454 e. The van der Waals surface area contributed by atoms with E-state index in [9.17, 15) is 4.79 Å². The van der Waals surface area contributed by atoms with Crippen LogP contribution < -0.4 is 9.47 Å². The van der Waals surface area contributed by atoms with Crippen LogP contribution in [0.25, 0.3) is 0 Å². The Morgan fingerprint density at radius 3 is 2.87 bits per heavy atom. The molecule has 0 spiro atoms. The van der Waals surface area contributed by atoms with E-state index in [1.165, 1.54) is 0 Å². The minimum atomic E-state index is 0.0702. The van der Waals surface area contributed by atoms with Gasteiger partial charge in [-0.15, -0.1) is 0 Å². The second kappa shape index (κ2) is 2.89. The molecule has 0 bridgehead atoms. The van der Waals surface area contributed by atoms with E-state index in [1.807, 2.05) is 11.8 Å². The van der Waals surface area contributed by atoms with Crippen molar-refractivity contribution in [2.24, 2.45) is 0 Å². The Labute approximate surface area is 87.4 Å². The Morgan fingerprint density at radius 2 is 2.13 bits per heavy atom. The SMILES string of the molecule is CC1CN1C(=O)c1ccc2c(c1)OCO2. The molecule has 4 nitrogen and oxygen atoms in total. The van der Waals surface area contributed by atoms with E-state index in [2.05, 4.69) is 0 Å². The molecule has 0 radical (unpaired) electrons. The molecule has 0 aromatic heterocycles. The van der Waals surface area contributed by atoms with Crippen LogP contribution in [0.3, 0.4) is 0 Å². The molecule has 2 aliphatic heterocycles. The first-order valence-corrected chi connectivity index (χ1v) is 4.96. The van der Waals surface area contributed by atoms with Crippen molar-refractivity contribution in [1.82, 2.24) is 4.90 Å². The number of nitrogens with zero attached hydrogens (tertiary/aromatic N) is 1. The average Bonchev–Trinajstić information content (AvgIpc) is 2.80. The first-order chi connectivity index (χ1) is 7.25. The van der Waals surface area contributed by atoms with Crippen LogP contribution in [0.1, 0.15) is 17.3 Å². The maximum atomic E-state index is 11.8. The molecule has 1 aromatic carbocycles. The molecule has 1 unspecified atom stereocenters. The highest BCUT2D eigenvalue weighted by molar-refractivity contribution is 5.96. The molecule has 0 saturated carbocycles. The lowest BCUT2D eigenvalue weighted by Crippen LogP contribution is -2.12. The summed E-state index contributed by atoms with van der Waals surface area (Å²) in [7, 11) is 0. The molecule has 15 heavy (non-hydrogen) atoms. The normalized spacial score (nSPS) is 21.7. The molecule has 4 heteroatoms. The summed E-state index contributed by atoms with van der Waals surface area (Å²) in [6.45, 7) is 3.13. The number of benzene rings is 1. The Balaban J connectivity index is 1.89. The van der Waals surface area contributed by atoms with Gasteiger partial charge >= 0.3 is 0 Å². The first-order valence-electron chi connectivity index (χ1n) is 4.96. The van der Waals surface area contributed by atoms with Gasteiger partial charge < -0.3 is 14.4 Å². The zero-order valence-corrected chi connectivity index (χ0v) is 8.40. The van der Waals surface area contributed by atoms with E-state index in [4.69, 9.17) is 9.47 Å². The van der Waals surface area contributed by atoms with E-state index < -0.39 is 0 Å². The van der Waals surface area contributed by atoms with Gasteiger partial charge in [0.25, 0.3) is 5.91 Å². The van der Waals surface area contributed by atoms with Crippen LogP contribution in [0, 0.1) is 0 Å². The number of amides is 1. The predicted molar refractivity (Wildman–Crippen MR) is 53.1 cm³/mol. The summed E-state index contributed by atoms with van der Waals surface area (Å²) >= 11 is 0. The molecule has 1 aromatic rings. The van der Waals surface area contributed by atoms with Gasteiger partial charge in [0.2, 0.25) is 6.79 Å². The molecule has 1 fully saturated rings. The standard InChI is InChI=1S/C11H11NO3/c1-7-5-12(7)11(13)8-2-3-9-10(4-8)15-6-14-9/h2-4,7H,5-6H2,1H3.